The summed E-state index contributed by atoms with van der Waals surface area (Å²) in [4.78, 5) is 21.2. The Bertz CT molecular complexity index is 445. The first-order valence-corrected chi connectivity index (χ1v) is 10.1. The number of piperidine rings is 1. The van der Waals surface area contributed by atoms with Gasteiger partial charge in [-0.3, -0.25) is 14.7 Å². The highest BCUT2D eigenvalue weighted by Gasteiger charge is 2.26. The molecule has 0 aromatic carbocycles. The number of guanidine groups is 1. The van der Waals surface area contributed by atoms with Gasteiger partial charge in [-0.15, -0.1) is 0 Å². The standard InChI is InChI=1S/C19H37N5O/c1-4-21-19(24-11-7-8-16(14-24)12-18(20)25)22-13-17(15(2)3)23-9-5-6-10-23/h15-17H,4-14H2,1-3H3,(H2,20,25)(H,21,22). The number of hydrogen-bond acceptors (Lipinski definition) is 3. The van der Waals surface area contributed by atoms with Gasteiger partial charge in [-0.25, -0.2) is 0 Å². The molecule has 2 saturated heterocycles. The second kappa shape index (κ2) is 10.00. The number of amides is 1. The minimum Gasteiger partial charge on any atom is -0.370 e. The van der Waals surface area contributed by atoms with Crippen molar-refractivity contribution in [2.75, 3.05) is 39.3 Å². The van der Waals surface area contributed by atoms with Crippen molar-refractivity contribution in [3.05, 3.63) is 0 Å². The molecule has 6 nitrogen and oxygen atoms in total. The Morgan fingerprint density at radius 1 is 1.24 bits per heavy atom. The van der Waals surface area contributed by atoms with Gasteiger partial charge in [0.1, 0.15) is 0 Å². The highest BCUT2D eigenvalue weighted by molar-refractivity contribution is 5.80. The first kappa shape index (κ1) is 20.0. The third kappa shape index (κ3) is 6.17. The molecule has 2 fully saturated rings. The molecule has 25 heavy (non-hydrogen) atoms. The first-order chi connectivity index (χ1) is 12.0. The molecule has 1 amide bonds. The van der Waals surface area contributed by atoms with Crippen LogP contribution in [0.25, 0.3) is 0 Å². The van der Waals surface area contributed by atoms with Crippen LogP contribution in [-0.2, 0) is 4.79 Å². The molecule has 2 heterocycles. The number of nitrogens with two attached hydrogens (primary N) is 1. The van der Waals surface area contributed by atoms with Gasteiger partial charge in [0.15, 0.2) is 5.96 Å². The van der Waals surface area contributed by atoms with E-state index in [1.54, 1.807) is 0 Å². The van der Waals surface area contributed by atoms with Crippen LogP contribution < -0.4 is 11.1 Å². The molecule has 0 saturated carbocycles. The van der Waals surface area contributed by atoms with Crippen LogP contribution in [0.3, 0.4) is 0 Å². The lowest BCUT2D eigenvalue weighted by Crippen LogP contribution is -2.48. The normalized spacial score (nSPS) is 23.9. The largest absolute Gasteiger partial charge is 0.370 e. The first-order valence-electron chi connectivity index (χ1n) is 10.1. The Balaban J connectivity index is 2.01. The van der Waals surface area contributed by atoms with Gasteiger partial charge in [0.25, 0.3) is 0 Å². The maximum atomic E-state index is 11.3. The summed E-state index contributed by atoms with van der Waals surface area (Å²) in [6, 6.07) is 0.516. The third-order valence-corrected chi connectivity index (χ3v) is 5.45. The smallest absolute Gasteiger partial charge is 0.217 e. The van der Waals surface area contributed by atoms with Crippen LogP contribution in [0, 0.1) is 11.8 Å². The van der Waals surface area contributed by atoms with E-state index in [4.69, 9.17) is 10.7 Å². The van der Waals surface area contributed by atoms with Crippen LogP contribution in [0.4, 0.5) is 0 Å². The quantitative estimate of drug-likeness (QED) is 0.540. The number of aliphatic imine (C=N–C) groups is 1. The molecule has 0 bridgehead atoms. The van der Waals surface area contributed by atoms with Crippen molar-refractivity contribution in [1.29, 1.82) is 0 Å². The van der Waals surface area contributed by atoms with Crippen LogP contribution in [0.15, 0.2) is 4.99 Å². The van der Waals surface area contributed by atoms with E-state index in [9.17, 15) is 4.79 Å². The monoisotopic (exact) mass is 351 g/mol. The summed E-state index contributed by atoms with van der Waals surface area (Å²) >= 11 is 0. The SMILES string of the molecule is CCNC(=NCC(C(C)C)N1CCCC1)N1CCCC(CC(N)=O)C1. The van der Waals surface area contributed by atoms with Gasteiger partial charge in [-0.2, -0.15) is 0 Å². The Labute approximate surface area is 153 Å². The predicted molar refractivity (Wildman–Crippen MR) is 104 cm³/mol. The van der Waals surface area contributed by atoms with E-state index in [1.807, 2.05) is 0 Å². The second-order valence-electron chi connectivity index (χ2n) is 7.87. The van der Waals surface area contributed by atoms with Crippen LogP contribution >= 0.6 is 0 Å². The fourth-order valence-corrected chi connectivity index (χ4v) is 4.14. The summed E-state index contributed by atoms with van der Waals surface area (Å²) in [5.41, 5.74) is 5.40. The molecule has 2 rings (SSSR count). The van der Waals surface area contributed by atoms with Crippen LogP contribution in [0.5, 0.6) is 0 Å². The average Bonchev–Trinajstić information content (AvgIpc) is 3.07. The van der Waals surface area contributed by atoms with Crippen molar-refractivity contribution in [2.24, 2.45) is 22.6 Å². The zero-order valence-electron chi connectivity index (χ0n) is 16.3. The lowest BCUT2D eigenvalue weighted by molar-refractivity contribution is -0.119. The van der Waals surface area contributed by atoms with Gasteiger partial charge in [-0.05, 0) is 57.5 Å². The number of hydrogen-bond donors (Lipinski definition) is 2. The van der Waals surface area contributed by atoms with Crippen molar-refractivity contribution in [3.63, 3.8) is 0 Å². The maximum absolute atomic E-state index is 11.3. The van der Waals surface area contributed by atoms with Gasteiger partial charge in [0, 0.05) is 32.1 Å². The van der Waals surface area contributed by atoms with E-state index in [-0.39, 0.29) is 5.91 Å². The summed E-state index contributed by atoms with van der Waals surface area (Å²) in [5.74, 6) is 1.77. The zero-order valence-corrected chi connectivity index (χ0v) is 16.3. The lowest BCUT2D eigenvalue weighted by Gasteiger charge is -2.35. The number of carbonyl (C=O) groups is 1. The van der Waals surface area contributed by atoms with E-state index in [0.29, 0.717) is 24.3 Å². The molecular weight excluding hydrogens is 314 g/mol. The van der Waals surface area contributed by atoms with E-state index in [2.05, 4.69) is 35.9 Å². The van der Waals surface area contributed by atoms with Crippen LogP contribution in [0.2, 0.25) is 0 Å². The lowest BCUT2D eigenvalue weighted by atomic mass is 9.95. The van der Waals surface area contributed by atoms with Gasteiger partial charge in [0.2, 0.25) is 5.91 Å². The fourth-order valence-electron chi connectivity index (χ4n) is 4.14. The van der Waals surface area contributed by atoms with Crippen LogP contribution in [-0.4, -0.2) is 67.0 Å². The van der Waals surface area contributed by atoms with Gasteiger partial charge >= 0.3 is 0 Å². The molecule has 0 aromatic rings. The predicted octanol–water partition coefficient (Wildman–Crippen LogP) is 1.66. The Hall–Kier alpha value is -1.30. The number of rotatable bonds is 7. The van der Waals surface area contributed by atoms with Crippen LogP contribution in [0.1, 0.15) is 52.9 Å². The highest BCUT2D eigenvalue weighted by atomic mass is 16.1. The minimum atomic E-state index is -0.192. The molecule has 2 atom stereocenters. The number of primary amides is 1. The number of nitrogens with one attached hydrogen (secondary N) is 1. The van der Waals surface area contributed by atoms with E-state index in [1.165, 1.54) is 25.9 Å². The Morgan fingerprint density at radius 3 is 2.56 bits per heavy atom. The molecule has 0 aliphatic carbocycles. The Morgan fingerprint density at radius 2 is 1.96 bits per heavy atom. The number of nitrogens with zero attached hydrogens (tertiary/aromatic N) is 3. The summed E-state index contributed by atoms with van der Waals surface area (Å²) in [6.45, 7) is 12.7. The molecule has 0 radical (unpaired) electrons. The molecule has 0 spiro atoms. The number of carbonyl (C=O) groups excluding carboxylic acids is 1. The van der Waals surface area contributed by atoms with Crippen molar-refractivity contribution >= 4 is 11.9 Å². The van der Waals surface area contributed by atoms with E-state index >= 15 is 0 Å². The van der Waals surface area contributed by atoms with Crippen molar-refractivity contribution in [1.82, 2.24) is 15.1 Å². The molecule has 2 unspecified atom stereocenters. The molecule has 2 aliphatic rings. The fraction of sp³-hybridized carbons (Fsp3) is 0.895. The molecule has 2 aliphatic heterocycles. The molecule has 3 N–H and O–H groups in total. The summed E-state index contributed by atoms with van der Waals surface area (Å²) < 4.78 is 0. The topological polar surface area (TPSA) is 74.0 Å². The minimum absolute atomic E-state index is 0.192. The average molecular weight is 352 g/mol. The van der Waals surface area contributed by atoms with E-state index < -0.39 is 0 Å². The summed E-state index contributed by atoms with van der Waals surface area (Å²) in [5, 5.41) is 3.45. The summed E-state index contributed by atoms with van der Waals surface area (Å²) in [7, 11) is 0. The third-order valence-electron chi connectivity index (χ3n) is 5.45. The van der Waals surface area contributed by atoms with Gasteiger partial charge in [0.05, 0.1) is 6.54 Å². The highest BCUT2D eigenvalue weighted by Crippen LogP contribution is 2.21. The van der Waals surface area contributed by atoms with Crippen molar-refractivity contribution < 1.29 is 4.79 Å². The molecule has 144 valence electrons. The summed E-state index contributed by atoms with van der Waals surface area (Å²) in [6.07, 6.45) is 5.30. The molecule has 6 heteroatoms. The van der Waals surface area contributed by atoms with E-state index in [0.717, 1.165) is 45.0 Å². The van der Waals surface area contributed by atoms with Crippen molar-refractivity contribution in [3.8, 4) is 0 Å². The zero-order chi connectivity index (χ0) is 18.2. The second-order valence-corrected chi connectivity index (χ2v) is 7.87. The van der Waals surface area contributed by atoms with Crippen molar-refractivity contribution in [2.45, 2.75) is 58.9 Å². The van der Waals surface area contributed by atoms with Gasteiger partial charge < -0.3 is 16.0 Å². The maximum Gasteiger partial charge on any atom is 0.217 e. The Kier molecular flexibility index (Phi) is 8.00. The number of likely N-dealkylation sites (tertiary alicyclic amines) is 2. The molecular formula is C19H37N5O. The van der Waals surface area contributed by atoms with Gasteiger partial charge in [-0.1, -0.05) is 13.8 Å². The molecule has 0 aromatic heterocycles.